The van der Waals surface area contributed by atoms with Crippen LogP contribution in [0.2, 0.25) is 0 Å². The van der Waals surface area contributed by atoms with Crippen molar-refractivity contribution in [3.8, 4) is 0 Å². The Kier molecular flexibility index (Phi) is 4.48. The maximum atomic E-state index is 12.2. The van der Waals surface area contributed by atoms with Crippen LogP contribution in [0.5, 0.6) is 0 Å². The predicted octanol–water partition coefficient (Wildman–Crippen LogP) is 2.82. The van der Waals surface area contributed by atoms with Gasteiger partial charge in [0.2, 0.25) is 0 Å². The van der Waals surface area contributed by atoms with Gasteiger partial charge in [-0.1, -0.05) is 12.1 Å². The normalized spacial score (nSPS) is 18.6. The van der Waals surface area contributed by atoms with Gasteiger partial charge in [-0.05, 0) is 44.4 Å². The number of benzene rings is 1. The van der Waals surface area contributed by atoms with Crippen LogP contribution >= 0.6 is 0 Å². The number of piperazine rings is 1. The Balaban J connectivity index is 1.65. The standard InChI is InChI=1S/C18H26N2O3/c1-18(2,3)23-17(21)20-10-8-19(9-11-20)16-6-4-5-14-13-22-12-7-15(14)16/h4-6H,7-13H2,1-3H3. The molecule has 0 N–H and O–H groups in total. The van der Waals surface area contributed by atoms with Crippen molar-refractivity contribution in [3.05, 3.63) is 29.3 Å². The molecule has 2 heterocycles. The van der Waals surface area contributed by atoms with Crippen LogP contribution in [0.25, 0.3) is 0 Å². The summed E-state index contributed by atoms with van der Waals surface area (Å²) in [5.41, 5.74) is 3.56. The van der Waals surface area contributed by atoms with Gasteiger partial charge in [0.15, 0.2) is 0 Å². The second kappa shape index (κ2) is 6.40. The lowest BCUT2D eigenvalue weighted by Gasteiger charge is -2.38. The van der Waals surface area contributed by atoms with Gasteiger partial charge in [0, 0.05) is 31.9 Å². The largest absolute Gasteiger partial charge is 0.444 e. The molecule has 1 saturated heterocycles. The zero-order valence-electron chi connectivity index (χ0n) is 14.3. The van der Waals surface area contributed by atoms with E-state index < -0.39 is 5.60 Å². The highest BCUT2D eigenvalue weighted by atomic mass is 16.6. The highest BCUT2D eigenvalue weighted by molar-refractivity contribution is 5.69. The van der Waals surface area contributed by atoms with Gasteiger partial charge in [-0.2, -0.15) is 0 Å². The molecule has 0 atom stereocenters. The molecule has 5 heteroatoms. The average Bonchev–Trinajstić information content (AvgIpc) is 2.53. The molecule has 0 spiro atoms. The van der Waals surface area contributed by atoms with Crippen molar-refractivity contribution in [3.63, 3.8) is 0 Å². The van der Waals surface area contributed by atoms with E-state index in [0.717, 1.165) is 26.1 Å². The van der Waals surface area contributed by atoms with Gasteiger partial charge in [-0.3, -0.25) is 0 Å². The van der Waals surface area contributed by atoms with Crippen molar-refractivity contribution < 1.29 is 14.3 Å². The number of rotatable bonds is 1. The van der Waals surface area contributed by atoms with Crippen LogP contribution in [0.15, 0.2) is 18.2 Å². The monoisotopic (exact) mass is 318 g/mol. The highest BCUT2D eigenvalue weighted by Crippen LogP contribution is 2.29. The number of fused-ring (bicyclic) bond motifs is 1. The minimum Gasteiger partial charge on any atom is -0.444 e. The molecule has 0 bridgehead atoms. The molecular weight excluding hydrogens is 292 g/mol. The molecule has 1 aromatic rings. The summed E-state index contributed by atoms with van der Waals surface area (Å²) in [6, 6.07) is 6.44. The Bertz CT molecular complexity index is 572. The van der Waals surface area contributed by atoms with E-state index in [2.05, 4.69) is 23.1 Å². The Labute approximate surface area is 138 Å². The number of amides is 1. The van der Waals surface area contributed by atoms with Crippen LogP contribution < -0.4 is 4.90 Å². The van der Waals surface area contributed by atoms with Crippen molar-refractivity contribution in [2.45, 2.75) is 39.4 Å². The van der Waals surface area contributed by atoms with Crippen LogP contribution in [0.3, 0.4) is 0 Å². The first-order chi connectivity index (χ1) is 10.9. The summed E-state index contributed by atoms with van der Waals surface area (Å²) in [6.07, 6.45) is 0.762. The minimum atomic E-state index is -0.438. The van der Waals surface area contributed by atoms with Crippen LogP contribution in [-0.2, 0) is 22.5 Å². The van der Waals surface area contributed by atoms with Crippen LogP contribution in [0.4, 0.5) is 10.5 Å². The SMILES string of the molecule is CC(C)(C)OC(=O)N1CCN(c2cccc3c2CCOC3)CC1. The quantitative estimate of drug-likeness (QED) is 0.798. The fraction of sp³-hybridized carbons (Fsp3) is 0.611. The summed E-state index contributed by atoms with van der Waals surface area (Å²) in [4.78, 5) is 16.3. The van der Waals surface area contributed by atoms with Gasteiger partial charge in [0.05, 0.1) is 13.2 Å². The fourth-order valence-electron chi connectivity index (χ4n) is 3.15. The van der Waals surface area contributed by atoms with E-state index >= 15 is 0 Å². The van der Waals surface area contributed by atoms with Crippen molar-refractivity contribution in [2.75, 3.05) is 37.7 Å². The summed E-state index contributed by atoms with van der Waals surface area (Å²) in [7, 11) is 0. The summed E-state index contributed by atoms with van der Waals surface area (Å²) in [5.74, 6) is 0. The van der Waals surface area contributed by atoms with E-state index in [1.54, 1.807) is 4.90 Å². The molecule has 1 amide bonds. The number of hydrogen-bond donors (Lipinski definition) is 0. The third-order valence-corrected chi connectivity index (χ3v) is 4.27. The first-order valence-electron chi connectivity index (χ1n) is 8.35. The van der Waals surface area contributed by atoms with Crippen molar-refractivity contribution in [2.24, 2.45) is 0 Å². The zero-order chi connectivity index (χ0) is 16.4. The molecule has 126 valence electrons. The molecule has 0 aliphatic carbocycles. The van der Waals surface area contributed by atoms with Crippen molar-refractivity contribution in [1.29, 1.82) is 0 Å². The fourth-order valence-corrected chi connectivity index (χ4v) is 3.15. The third kappa shape index (κ3) is 3.78. The van der Waals surface area contributed by atoms with E-state index in [1.807, 2.05) is 20.8 Å². The Hall–Kier alpha value is -1.75. The molecule has 0 unspecified atom stereocenters. The maximum Gasteiger partial charge on any atom is 0.410 e. The lowest BCUT2D eigenvalue weighted by atomic mass is 10.00. The molecular formula is C18H26N2O3. The summed E-state index contributed by atoms with van der Waals surface area (Å²) < 4.78 is 11.0. The van der Waals surface area contributed by atoms with E-state index in [4.69, 9.17) is 9.47 Å². The van der Waals surface area contributed by atoms with Gasteiger partial charge in [-0.25, -0.2) is 4.79 Å². The third-order valence-electron chi connectivity index (χ3n) is 4.27. The number of ether oxygens (including phenoxy) is 2. The van der Waals surface area contributed by atoms with Crippen LogP contribution in [-0.4, -0.2) is 49.4 Å². The van der Waals surface area contributed by atoms with E-state index in [-0.39, 0.29) is 6.09 Å². The summed E-state index contributed by atoms with van der Waals surface area (Å²) in [6.45, 7) is 10.3. The smallest absolute Gasteiger partial charge is 0.410 e. The van der Waals surface area contributed by atoms with Gasteiger partial charge < -0.3 is 19.3 Å². The molecule has 0 aromatic heterocycles. The van der Waals surface area contributed by atoms with Crippen LogP contribution in [0.1, 0.15) is 31.9 Å². The molecule has 3 rings (SSSR count). The van der Waals surface area contributed by atoms with E-state index in [9.17, 15) is 4.79 Å². The first-order valence-corrected chi connectivity index (χ1v) is 8.35. The van der Waals surface area contributed by atoms with Crippen molar-refractivity contribution in [1.82, 2.24) is 4.90 Å². The molecule has 0 radical (unpaired) electrons. The van der Waals surface area contributed by atoms with E-state index in [1.165, 1.54) is 16.8 Å². The second-order valence-electron chi connectivity index (χ2n) is 7.17. The summed E-state index contributed by atoms with van der Waals surface area (Å²) in [5, 5.41) is 0. The number of carbonyl (C=O) groups is 1. The lowest BCUT2D eigenvalue weighted by molar-refractivity contribution is 0.0240. The van der Waals surface area contributed by atoms with Gasteiger partial charge >= 0.3 is 6.09 Å². The van der Waals surface area contributed by atoms with Gasteiger partial charge in [0.1, 0.15) is 5.60 Å². The zero-order valence-corrected chi connectivity index (χ0v) is 14.3. The predicted molar refractivity (Wildman–Crippen MR) is 89.8 cm³/mol. The molecule has 1 fully saturated rings. The summed E-state index contributed by atoms with van der Waals surface area (Å²) >= 11 is 0. The topological polar surface area (TPSA) is 42.0 Å². The average molecular weight is 318 g/mol. The molecule has 2 aliphatic rings. The molecule has 1 aromatic carbocycles. The highest BCUT2D eigenvalue weighted by Gasteiger charge is 2.27. The Morgan fingerprint density at radius 1 is 1.17 bits per heavy atom. The van der Waals surface area contributed by atoms with Crippen LogP contribution in [0, 0.1) is 0 Å². The molecule has 2 aliphatic heterocycles. The Morgan fingerprint density at radius 2 is 1.91 bits per heavy atom. The molecule has 5 nitrogen and oxygen atoms in total. The number of carbonyl (C=O) groups excluding carboxylic acids is 1. The maximum absolute atomic E-state index is 12.2. The minimum absolute atomic E-state index is 0.208. The first kappa shape index (κ1) is 16.1. The number of anilines is 1. The van der Waals surface area contributed by atoms with Gasteiger partial charge in [-0.15, -0.1) is 0 Å². The lowest BCUT2D eigenvalue weighted by Crippen LogP contribution is -2.50. The number of hydrogen-bond acceptors (Lipinski definition) is 4. The van der Waals surface area contributed by atoms with Crippen molar-refractivity contribution >= 4 is 11.8 Å². The molecule has 0 saturated carbocycles. The van der Waals surface area contributed by atoms with Gasteiger partial charge in [0.25, 0.3) is 0 Å². The second-order valence-corrected chi connectivity index (χ2v) is 7.17. The Morgan fingerprint density at radius 3 is 2.61 bits per heavy atom. The number of nitrogens with zero attached hydrogens (tertiary/aromatic N) is 2. The van der Waals surface area contributed by atoms with E-state index in [0.29, 0.717) is 19.7 Å². The molecule has 23 heavy (non-hydrogen) atoms.